The highest BCUT2D eigenvalue weighted by atomic mass is 19.1. The van der Waals surface area contributed by atoms with Gasteiger partial charge in [-0.25, -0.2) is 9.18 Å². The van der Waals surface area contributed by atoms with Crippen molar-refractivity contribution in [1.82, 2.24) is 19.7 Å². The van der Waals surface area contributed by atoms with Crippen LogP contribution in [0.5, 0.6) is 0 Å². The van der Waals surface area contributed by atoms with Crippen molar-refractivity contribution in [1.29, 1.82) is 0 Å². The van der Waals surface area contributed by atoms with Crippen molar-refractivity contribution < 1.29 is 13.9 Å². The highest BCUT2D eigenvalue weighted by Gasteiger charge is 2.51. The fourth-order valence-electron chi connectivity index (χ4n) is 4.66. The molecule has 0 bridgehead atoms. The molecule has 1 aromatic heterocycles. The van der Waals surface area contributed by atoms with Crippen molar-refractivity contribution in [2.45, 2.75) is 37.6 Å². The predicted octanol–water partition coefficient (Wildman–Crippen LogP) is 3.18. The lowest BCUT2D eigenvalue weighted by Crippen LogP contribution is -2.38. The minimum absolute atomic E-state index is 0.0650. The maximum atomic E-state index is 14.0. The molecule has 2 aliphatic heterocycles. The van der Waals surface area contributed by atoms with Crippen LogP contribution in [0.1, 0.15) is 43.5 Å². The Morgan fingerprint density at radius 3 is 2.79 bits per heavy atom. The number of urea groups is 1. The van der Waals surface area contributed by atoms with Gasteiger partial charge in [-0.05, 0) is 37.8 Å². The lowest BCUT2D eigenvalue weighted by Gasteiger charge is -2.37. The van der Waals surface area contributed by atoms with Gasteiger partial charge < -0.3 is 19.5 Å². The lowest BCUT2D eigenvalue weighted by molar-refractivity contribution is 0.0121. The average Bonchev–Trinajstić information content (AvgIpc) is 3.33. The van der Waals surface area contributed by atoms with Crippen LogP contribution in [0.15, 0.2) is 30.6 Å². The van der Waals surface area contributed by atoms with Crippen molar-refractivity contribution in [2.24, 2.45) is 5.41 Å². The Morgan fingerprint density at radius 2 is 2.04 bits per heavy atom. The number of ether oxygens (including phenoxy) is 1. The number of hydrogen-bond donors (Lipinski definition) is 1. The van der Waals surface area contributed by atoms with Gasteiger partial charge in [-0.2, -0.15) is 0 Å². The molecule has 8 heteroatoms. The quantitative estimate of drug-likeness (QED) is 0.881. The number of hydrogen-bond acceptors (Lipinski definition) is 4. The van der Waals surface area contributed by atoms with E-state index >= 15 is 0 Å². The monoisotopic (exact) mass is 385 g/mol. The Labute approximate surface area is 162 Å². The van der Waals surface area contributed by atoms with Gasteiger partial charge in [0, 0.05) is 43.7 Å². The standard InChI is InChI=1S/C20H24FN5O2/c21-16-3-1-2-4-17(16)23-19(27)25-11-15(20(12-25)7-9-28-10-8-20)18-24-22-13-26(18)14-5-6-14/h1-4,13-15H,5-12H2,(H,23,27). The fraction of sp³-hybridized carbons (Fsp3) is 0.550. The van der Waals surface area contributed by atoms with Gasteiger partial charge in [-0.3, -0.25) is 0 Å². The molecule has 1 aliphatic carbocycles. The molecular formula is C20H24FN5O2. The highest BCUT2D eigenvalue weighted by molar-refractivity contribution is 5.89. The number of carbonyl (C=O) groups excluding carboxylic acids is 1. The Kier molecular flexibility index (Phi) is 4.30. The smallest absolute Gasteiger partial charge is 0.321 e. The van der Waals surface area contributed by atoms with Gasteiger partial charge in [0.1, 0.15) is 18.0 Å². The van der Waals surface area contributed by atoms with Crippen LogP contribution in [0, 0.1) is 11.2 Å². The SMILES string of the molecule is O=C(Nc1ccccc1F)N1CC(c2nncn2C2CC2)C2(CCOCC2)C1. The van der Waals surface area contributed by atoms with Crippen LogP contribution in [-0.4, -0.2) is 52.0 Å². The maximum absolute atomic E-state index is 14.0. The molecule has 7 nitrogen and oxygen atoms in total. The van der Waals surface area contributed by atoms with Crippen LogP contribution in [0.25, 0.3) is 0 Å². The molecule has 2 amide bonds. The van der Waals surface area contributed by atoms with Gasteiger partial charge >= 0.3 is 6.03 Å². The zero-order chi connectivity index (χ0) is 19.1. The molecule has 148 valence electrons. The summed E-state index contributed by atoms with van der Waals surface area (Å²) >= 11 is 0. The summed E-state index contributed by atoms with van der Waals surface area (Å²) < 4.78 is 21.8. The van der Waals surface area contributed by atoms with E-state index in [2.05, 4.69) is 20.1 Å². The molecule has 3 heterocycles. The number of para-hydroxylation sites is 1. The topological polar surface area (TPSA) is 72.3 Å². The number of likely N-dealkylation sites (tertiary alicyclic amines) is 1. The molecule has 3 aliphatic rings. The number of nitrogens with one attached hydrogen (secondary N) is 1. The maximum Gasteiger partial charge on any atom is 0.321 e. The first-order chi connectivity index (χ1) is 13.7. The summed E-state index contributed by atoms with van der Waals surface area (Å²) in [7, 11) is 0. The molecule has 1 spiro atoms. The summed E-state index contributed by atoms with van der Waals surface area (Å²) in [5.74, 6) is 0.664. The minimum atomic E-state index is -0.430. The fourth-order valence-corrected chi connectivity index (χ4v) is 4.66. The minimum Gasteiger partial charge on any atom is -0.381 e. The zero-order valence-electron chi connectivity index (χ0n) is 15.7. The molecular weight excluding hydrogens is 361 g/mol. The number of aromatic nitrogens is 3. The van der Waals surface area contributed by atoms with E-state index in [1.807, 2.05) is 6.33 Å². The molecule has 2 aromatic rings. The van der Waals surface area contributed by atoms with Crippen LogP contribution in [0.3, 0.4) is 0 Å². The molecule has 2 saturated heterocycles. The molecule has 1 atom stereocenters. The first kappa shape index (κ1) is 17.6. The van der Waals surface area contributed by atoms with E-state index in [9.17, 15) is 9.18 Å². The van der Waals surface area contributed by atoms with Crippen molar-refractivity contribution in [3.8, 4) is 0 Å². The third-order valence-electron chi connectivity index (χ3n) is 6.39. The molecule has 1 N–H and O–H groups in total. The van der Waals surface area contributed by atoms with Crippen molar-refractivity contribution in [2.75, 3.05) is 31.6 Å². The number of amides is 2. The van der Waals surface area contributed by atoms with E-state index in [0.29, 0.717) is 32.3 Å². The predicted molar refractivity (Wildman–Crippen MR) is 101 cm³/mol. The van der Waals surface area contributed by atoms with Gasteiger partial charge in [-0.15, -0.1) is 10.2 Å². The zero-order valence-corrected chi connectivity index (χ0v) is 15.7. The van der Waals surface area contributed by atoms with Gasteiger partial charge in [-0.1, -0.05) is 12.1 Å². The highest BCUT2D eigenvalue weighted by Crippen LogP contribution is 2.50. The van der Waals surface area contributed by atoms with E-state index < -0.39 is 5.82 Å². The molecule has 3 fully saturated rings. The van der Waals surface area contributed by atoms with E-state index in [4.69, 9.17) is 4.74 Å². The summed E-state index contributed by atoms with van der Waals surface area (Å²) in [5, 5.41) is 11.4. The number of anilines is 1. The van der Waals surface area contributed by atoms with Gasteiger partial charge in [0.15, 0.2) is 0 Å². The number of halogens is 1. The third-order valence-corrected chi connectivity index (χ3v) is 6.39. The van der Waals surface area contributed by atoms with Gasteiger partial charge in [0.2, 0.25) is 0 Å². The summed E-state index contributed by atoms with van der Waals surface area (Å²) in [4.78, 5) is 14.7. The normalized spacial score (nSPS) is 23.9. The number of rotatable bonds is 3. The van der Waals surface area contributed by atoms with E-state index in [-0.39, 0.29) is 23.1 Å². The third kappa shape index (κ3) is 3.05. The molecule has 28 heavy (non-hydrogen) atoms. The second-order valence-corrected chi connectivity index (χ2v) is 8.15. The van der Waals surface area contributed by atoms with Crippen LogP contribution >= 0.6 is 0 Å². The number of nitrogens with zero attached hydrogens (tertiary/aromatic N) is 4. The summed E-state index contributed by atoms with van der Waals surface area (Å²) in [5.41, 5.74) is 0.142. The van der Waals surface area contributed by atoms with Crippen LogP contribution in [0.2, 0.25) is 0 Å². The Morgan fingerprint density at radius 1 is 1.25 bits per heavy atom. The van der Waals surface area contributed by atoms with Crippen molar-refractivity contribution in [3.63, 3.8) is 0 Å². The first-order valence-corrected chi connectivity index (χ1v) is 9.94. The van der Waals surface area contributed by atoms with Crippen LogP contribution in [-0.2, 0) is 4.74 Å². The van der Waals surface area contributed by atoms with E-state index in [1.54, 1.807) is 23.1 Å². The molecule has 1 aromatic carbocycles. The second-order valence-electron chi connectivity index (χ2n) is 8.15. The van der Waals surface area contributed by atoms with Crippen LogP contribution in [0.4, 0.5) is 14.9 Å². The Balaban J connectivity index is 1.41. The number of carbonyl (C=O) groups is 1. The van der Waals surface area contributed by atoms with Crippen molar-refractivity contribution >= 4 is 11.7 Å². The van der Waals surface area contributed by atoms with E-state index in [1.165, 1.54) is 6.07 Å². The largest absolute Gasteiger partial charge is 0.381 e. The summed E-state index contributed by atoms with van der Waals surface area (Å²) in [6.45, 7) is 2.57. The average molecular weight is 385 g/mol. The summed E-state index contributed by atoms with van der Waals surface area (Å²) in [6.07, 6.45) is 5.91. The summed E-state index contributed by atoms with van der Waals surface area (Å²) in [6, 6.07) is 6.47. The van der Waals surface area contributed by atoms with Gasteiger partial charge in [0.25, 0.3) is 0 Å². The lowest BCUT2D eigenvalue weighted by atomic mass is 9.71. The number of benzene rings is 1. The second kappa shape index (κ2) is 6.84. The Hall–Kier alpha value is -2.48. The van der Waals surface area contributed by atoms with Crippen molar-refractivity contribution in [3.05, 3.63) is 42.2 Å². The van der Waals surface area contributed by atoms with Gasteiger partial charge in [0.05, 0.1) is 5.69 Å². The molecule has 0 radical (unpaired) electrons. The van der Waals surface area contributed by atoms with Crippen LogP contribution < -0.4 is 5.32 Å². The molecule has 1 unspecified atom stereocenters. The molecule has 5 rings (SSSR count). The van der Waals surface area contributed by atoms with E-state index in [0.717, 1.165) is 31.5 Å². The molecule has 1 saturated carbocycles. The first-order valence-electron chi connectivity index (χ1n) is 9.94. The Bertz CT molecular complexity index is 875.